The largest absolute Gasteiger partial charge is 0.508 e. The fraction of sp³-hybridized carbons (Fsp3) is 0.421. The highest BCUT2D eigenvalue weighted by atomic mass is 127. The van der Waals surface area contributed by atoms with Crippen molar-refractivity contribution in [1.29, 1.82) is 0 Å². The highest BCUT2D eigenvalue weighted by Gasteiger charge is 2.07. The number of aromatic hydroxyl groups is 1. The van der Waals surface area contributed by atoms with E-state index in [0.29, 0.717) is 24.6 Å². The van der Waals surface area contributed by atoms with Crippen LogP contribution in [0.5, 0.6) is 11.5 Å². The molecular weight excluding hydrogens is 461 g/mol. The third kappa shape index (κ3) is 7.41. The van der Waals surface area contributed by atoms with Gasteiger partial charge in [0.15, 0.2) is 5.96 Å². The number of aliphatic imine (C=N–C) groups is 1. The third-order valence-electron chi connectivity index (χ3n) is 3.95. The van der Waals surface area contributed by atoms with Gasteiger partial charge in [0.1, 0.15) is 11.5 Å². The lowest BCUT2D eigenvalue weighted by Gasteiger charge is -2.16. The number of guanidine groups is 1. The summed E-state index contributed by atoms with van der Waals surface area (Å²) in [4.78, 5) is 5.66. The Morgan fingerprint density at radius 1 is 1.31 bits per heavy atom. The van der Waals surface area contributed by atoms with Gasteiger partial charge in [-0.3, -0.25) is 4.99 Å². The van der Waals surface area contributed by atoms with Crippen molar-refractivity contribution in [2.75, 3.05) is 27.2 Å². The number of hydrogen-bond acceptors (Lipinski definition) is 4. The minimum absolute atomic E-state index is 0. The number of rotatable bonds is 8. The fourth-order valence-corrected chi connectivity index (χ4v) is 3.40. The summed E-state index contributed by atoms with van der Waals surface area (Å²) >= 11 is 1.80. The molecule has 7 heteroatoms. The molecule has 0 amide bonds. The van der Waals surface area contributed by atoms with Crippen LogP contribution in [0.2, 0.25) is 0 Å². The maximum atomic E-state index is 9.99. The van der Waals surface area contributed by atoms with Crippen LogP contribution in [0.25, 0.3) is 0 Å². The third-order valence-corrected chi connectivity index (χ3v) is 4.85. The van der Waals surface area contributed by atoms with Crippen LogP contribution in [0.1, 0.15) is 17.4 Å². The summed E-state index contributed by atoms with van der Waals surface area (Å²) < 4.78 is 5.10. The predicted molar refractivity (Wildman–Crippen MR) is 120 cm³/mol. The Balaban J connectivity index is 0.00000338. The number of phenols is 1. The van der Waals surface area contributed by atoms with Gasteiger partial charge in [0.05, 0.1) is 7.11 Å². The molecule has 0 aliphatic carbocycles. The van der Waals surface area contributed by atoms with E-state index in [4.69, 9.17) is 4.74 Å². The van der Waals surface area contributed by atoms with E-state index in [9.17, 15) is 5.11 Å². The number of nitrogens with zero attached hydrogens (tertiary/aromatic N) is 1. The van der Waals surface area contributed by atoms with Crippen LogP contribution in [-0.4, -0.2) is 38.3 Å². The first-order chi connectivity index (χ1) is 12.1. The molecule has 1 aromatic heterocycles. The molecule has 0 bridgehead atoms. The zero-order chi connectivity index (χ0) is 18.1. The highest BCUT2D eigenvalue weighted by molar-refractivity contribution is 14.0. The average Bonchev–Trinajstić information content (AvgIpc) is 3.11. The van der Waals surface area contributed by atoms with Gasteiger partial charge in [-0.15, -0.1) is 35.3 Å². The van der Waals surface area contributed by atoms with Gasteiger partial charge in [0.25, 0.3) is 0 Å². The molecule has 26 heavy (non-hydrogen) atoms. The highest BCUT2D eigenvalue weighted by Crippen LogP contribution is 2.23. The molecule has 0 radical (unpaired) electrons. The Labute approximate surface area is 176 Å². The molecule has 1 heterocycles. The van der Waals surface area contributed by atoms with Crippen molar-refractivity contribution >= 4 is 41.3 Å². The normalized spacial score (nSPS) is 12.2. The molecule has 1 unspecified atom stereocenters. The van der Waals surface area contributed by atoms with E-state index in [1.807, 2.05) is 12.1 Å². The van der Waals surface area contributed by atoms with E-state index in [1.165, 1.54) is 4.88 Å². The summed E-state index contributed by atoms with van der Waals surface area (Å²) in [5.74, 6) is 2.23. The van der Waals surface area contributed by atoms with Gasteiger partial charge < -0.3 is 20.5 Å². The second-order valence-electron chi connectivity index (χ2n) is 6.01. The van der Waals surface area contributed by atoms with Crippen LogP contribution >= 0.6 is 35.3 Å². The van der Waals surface area contributed by atoms with Gasteiger partial charge in [0, 0.05) is 31.1 Å². The van der Waals surface area contributed by atoms with Crippen LogP contribution in [-0.2, 0) is 12.8 Å². The number of halogens is 1. The first-order valence-corrected chi connectivity index (χ1v) is 9.33. The number of hydrogen-bond donors (Lipinski definition) is 3. The topological polar surface area (TPSA) is 65.9 Å². The average molecular weight is 489 g/mol. The molecule has 144 valence electrons. The number of benzene rings is 1. The number of phenolic OH excluding ortho intramolecular Hbond substituents is 1. The summed E-state index contributed by atoms with van der Waals surface area (Å²) in [6.45, 7) is 3.79. The molecule has 3 N–H and O–H groups in total. The molecule has 0 aliphatic heterocycles. The van der Waals surface area contributed by atoms with Crippen molar-refractivity contribution in [2.24, 2.45) is 10.9 Å². The summed E-state index contributed by atoms with van der Waals surface area (Å²) in [6, 6.07) is 9.64. The van der Waals surface area contributed by atoms with Crippen LogP contribution in [0.4, 0.5) is 0 Å². The number of ether oxygens (including phenoxy) is 1. The van der Waals surface area contributed by atoms with Gasteiger partial charge >= 0.3 is 0 Å². The second kappa shape index (κ2) is 12.0. The molecule has 0 saturated carbocycles. The Kier molecular flexibility index (Phi) is 10.4. The van der Waals surface area contributed by atoms with E-state index in [2.05, 4.69) is 40.1 Å². The lowest BCUT2D eigenvalue weighted by atomic mass is 10.1. The molecule has 0 fully saturated rings. The number of nitrogens with one attached hydrogen (secondary N) is 2. The summed E-state index contributed by atoms with van der Waals surface area (Å²) in [7, 11) is 3.36. The molecule has 2 aromatic rings. The molecule has 5 nitrogen and oxygen atoms in total. The Bertz CT molecular complexity index is 677. The molecule has 1 aromatic carbocycles. The van der Waals surface area contributed by atoms with Crippen LogP contribution in [0.15, 0.2) is 40.7 Å². The molecule has 0 spiro atoms. The lowest BCUT2D eigenvalue weighted by Crippen LogP contribution is -2.40. The molecule has 0 aliphatic rings. The van der Waals surface area contributed by atoms with Crippen molar-refractivity contribution in [3.8, 4) is 11.5 Å². The first-order valence-electron chi connectivity index (χ1n) is 8.45. The fourth-order valence-electron chi connectivity index (χ4n) is 2.53. The minimum Gasteiger partial charge on any atom is -0.508 e. The zero-order valence-corrected chi connectivity index (χ0v) is 18.6. The second-order valence-corrected chi connectivity index (χ2v) is 7.05. The SMILES string of the molecule is CN=C(NCCc1ccc(OC)cc1O)NCC(C)Cc1cccs1.I. The van der Waals surface area contributed by atoms with E-state index in [1.54, 1.807) is 31.6 Å². The van der Waals surface area contributed by atoms with Crippen molar-refractivity contribution in [1.82, 2.24) is 10.6 Å². The maximum absolute atomic E-state index is 9.99. The van der Waals surface area contributed by atoms with Crippen molar-refractivity contribution in [2.45, 2.75) is 19.8 Å². The van der Waals surface area contributed by atoms with E-state index in [0.717, 1.165) is 24.5 Å². The Morgan fingerprint density at radius 3 is 2.73 bits per heavy atom. The molecule has 2 rings (SSSR count). The number of thiophene rings is 1. The first kappa shape index (κ1) is 22.6. The van der Waals surface area contributed by atoms with Gasteiger partial charge in [-0.1, -0.05) is 19.1 Å². The van der Waals surface area contributed by atoms with Crippen LogP contribution in [0.3, 0.4) is 0 Å². The van der Waals surface area contributed by atoms with E-state index < -0.39 is 0 Å². The van der Waals surface area contributed by atoms with Gasteiger partial charge in [0.2, 0.25) is 0 Å². The summed E-state index contributed by atoms with van der Waals surface area (Å²) in [5.41, 5.74) is 0.884. The van der Waals surface area contributed by atoms with E-state index >= 15 is 0 Å². The maximum Gasteiger partial charge on any atom is 0.190 e. The van der Waals surface area contributed by atoms with Gasteiger partial charge in [-0.2, -0.15) is 0 Å². The summed E-state index contributed by atoms with van der Waals surface area (Å²) in [5, 5.41) is 18.8. The van der Waals surface area contributed by atoms with Crippen molar-refractivity contribution < 1.29 is 9.84 Å². The van der Waals surface area contributed by atoms with Crippen molar-refractivity contribution in [3.05, 3.63) is 46.2 Å². The minimum atomic E-state index is 0. The predicted octanol–water partition coefficient (Wildman–Crippen LogP) is 3.67. The van der Waals surface area contributed by atoms with Crippen molar-refractivity contribution in [3.63, 3.8) is 0 Å². The zero-order valence-electron chi connectivity index (χ0n) is 15.5. The lowest BCUT2D eigenvalue weighted by molar-refractivity contribution is 0.406. The van der Waals surface area contributed by atoms with Gasteiger partial charge in [-0.25, -0.2) is 0 Å². The van der Waals surface area contributed by atoms with Gasteiger partial charge in [-0.05, 0) is 41.8 Å². The Hall–Kier alpha value is -1.48. The Morgan fingerprint density at radius 2 is 2.12 bits per heavy atom. The number of methoxy groups -OCH3 is 1. The van der Waals surface area contributed by atoms with E-state index in [-0.39, 0.29) is 29.7 Å². The smallest absolute Gasteiger partial charge is 0.190 e. The van der Waals surface area contributed by atoms with Crippen LogP contribution < -0.4 is 15.4 Å². The molecule has 1 atom stereocenters. The molecular formula is C19H28IN3O2S. The monoisotopic (exact) mass is 489 g/mol. The quantitative estimate of drug-likeness (QED) is 0.301. The summed E-state index contributed by atoms with van der Waals surface area (Å²) in [6.07, 6.45) is 1.78. The molecule has 0 saturated heterocycles. The standard InChI is InChI=1S/C19H27N3O2S.HI/c1-14(11-17-5-4-10-25-17)13-22-19(20-2)21-9-8-15-6-7-16(24-3)12-18(15)23;/h4-7,10,12,14,23H,8-9,11,13H2,1-3H3,(H2,20,21,22);1H. The van der Waals surface area contributed by atoms with Crippen LogP contribution in [0, 0.1) is 5.92 Å².